The molecule has 1 aromatic heterocycles. The van der Waals surface area contributed by atoms with Gasteiger partial charge in [0.05, 0.1) is 11.6 Å². The molecule has 0 fully saturated rings. The number of halogens is 4. The molecule has 2 heterocycles. The highest BCUT2D eigenvalue weighted by atomic mass is 19.4. The van der Waals surface area contributed by atoms with Crippen LogP contribution in [-0.4, -0.2) is 16.0 Å². The van der Waals surface area contributed by atoms with Crippen molar-refractivity contribution in [3.05, 3.63) is 95.1 Å². The summed E-state index contributed by atoms with van der Waals surface area (Å²) in [5.74, 6) is -0.270. The van der Waals surface area contributed by atoms with Crippen molar-refractivity contribution in [1.29, 1.82) is 0 Å². The van der Waals surface area contributed by atoms with Crippen molar-refractivity contribution >= 4 is 0 Å². The molecule has 6 heteroatoms. The molecule has 28 heavy (non-hydrogen) atoms. The Kier molecular flexibility index (Phi) is 4.98. The zero-order chi connectivity index (χ0) is 19.7. The molecule has 0 radical (unpaired) electrons. The first kappa shape index (κ1) is 18.7. The van der Waals surface area contributed by atoms with Gasteiger partial charge in [-0.2, -0.15) is 13.2 Å². The lowest BCUT2D eigenvalue weighted by Crippen LogP contribution is -2.30. The van der Waals surface area contributed by atoms with Crippen molar-refractivity contribution in [3.63, 3.8) is 0 Å². The van der Waals surface area contributed by atoms with E-state index >= 15 is 0 Å². The highest BCUT2D eigenvalue weighted by molar-refractivity contribution is 5.33. The lowest BCUT2D eigenvalue weighted by molar-refractivity contribution is -0.137. The van der Waals surface area contributed by atoms with E-state index in [9.17, 15) is 17.6 Å². The molecule has 0 N–H and O–H groups in total. The molecule has 0 aliphatic carbocycles. The fourth-order valence-electron chi connectivity index (χ4n) is 3.89. The molecule has 146 valence electrons. The summed E-state index contributed by atoms with van der Waals surface area (Å²) >= 11 is 0. The normalized spacial score (nSPS) is 17.9. The van der Waals surface area contributed by atoms with Crippen molar-refractivity contribution in [2.24, 2.45) is 0 Å². The number of benzene rings is 2. The van der Waals surface area contributed by atoms with E-state index in [1.165, 1.54) is 18.2 Å². The van der Waals surface area contributed by atoms with E-state index in [0.717, 1.165) is 42.9 Å². The van der Waals surface area contributed by atoms with Crippen LogP contribution in [0.1, 0.15) is 34.8 Å². The fourth-order valence-corrected chi connectivity index (χ4v) is 3.89. The summed E-state index contributed by atoms with van der Waals surface area (Å²) in [6.45, 7) is 1.94. The molecule has 3 aromatic rings. The second-order valence-corrected chi connectivity index (χ2v) is 7.06. The topological polar surface area (TPSA) is 8.17 Å². The van der Waals surface area contributed by atoms with Crippen LogP contribution >= 0.6 is 0 Å². The Bertz CT molecular complexity index is 944. The Hall–Kier alpha value is -2.60. The van der Waals surface area contributed by atoms with Crippen molar-refractivity contribution in [2.45, 2.75) is 31.7 Å². The summed E-state index contributed by atoms with van der Waals surface area (Å²) in [5.41, 5.74) is 1.69. The maximum Gasteiger partial charge on any atom is 0.416 e. The molecule has 0 bridgehead atoms. The average molecular weight is 388 g/mol. The van der Waals surface area contributed by atoms with Crippen molar-refractivity contribution < 1.29 is 17.6 Å². The van der Waals surface area contributed by atoms with Gasteiger partial charge >= 0.3 is 6.18 Å². The predicted molar refractivity (Wildman–Crippen MR) is 99.1 cm³/mol. The third kappa shape index (κ3) is 3.69. The largest absolute Gasteiger partial charge is 0.416 e. The van der Waals surface area contributed by atoms with E-state index in [1.807, 2.05) is 18.3 Å². The van der Waals surface area contributed by atoms with Gasteiger partial charge in [0.1, 0.15) is 5.82 Å². The van der Waals surface area contributed by atoms with Gasteiger partial charge in [-0.1, -0.05) is 30.3 Å². The highest BCUT2D eigenvalue weighted by Gasteiger charge is 2.32. The van der Waals surface area contributed by atoms with E-state index in [0.29, 0.717) is 12.1 Å². The number of hydrogen-bond acceptors (Lipinski definition) is 1. The van der Waals surface area contributed by atoms with Crippen LogP contribution in [0.25, 0.3) is 0 Å². The number of aryl methyl sites for hydroxylation is 1. The van der Waals surface area contributed by atoms with E-state index < -0.39 is 11.7 Å². The zero-order valence-corrected chi connectivity index (χ0v) is 15.2. The molecule has 4 rings (SSSR count). The summed E-state index contributed by atoms with van der Waals surface area (Å²) in [4.78, 5) is 2.14. The average Bonchev–Trinajstić information content (AvgIpc) is 3.04. The van der Waals surface area contributed by atoms with Gasteiger partial charge in [0, 0.05) is 37.1 Å². The Morgan fingerprint density at radius 2 is 1.64 bits per heavy atom. The van der Waals surface area contributed by atoms with Crippen LogP contribution in [0.15, 0.2) is 66.9 Å². The van der Waals surface area contributed by atoms with E-state index in [1.54, 1.807) is 18.2 Å². The summed E-state index contributed by atoms with van der Waals surface area (Å²) in [6, 6.07) is 15.6. The molecule has 2 nitrogen and oxygen atoms in total. The quantitative estimate of drug-likeness (QED) is 0.527. The smallest absolute Gasteiger partial charge is 0.350 e. The van der Waals surface area contributed by atoms with Crippen LogP contribution in [0.5, 0.6) is 0 Å². The first-order valence-electron chi connectivity index (χ1n) is 9.23. The minimum Gasteiger partial charge on any atom is -0.350 e. The second-order valence-electron chi connectivity index (χ2n) is 7.06. The van der Waals surface area contributed by atoms with Gasteiger partial charge in [-0.3, -0.25) is 4.90 Å². The first-order chi connectivity index (χ1) is 13.4. The maximum atomic E-state index is 14.2. The third-order valence-electron chi connectivity index (χ3n) is 5.24. The van der Waals surface area contributed by atoms with E-state index in [2.05, 4.69) is 9.47 Å². The lowest BCUT2D eigenvalue weighted by atomic mass is 9.99. The molecule has 1 aliphatic rings. The number of alkyl halides is 3. The van der Waals surface area contributed by atoms with Crippen LogP contribution < -0.4 is 0 Å². The van der Waals surface area contributed by atoms with Gasteiger partial charge in [0.25, 0.3) is 0 Å². The molecule has 0 amide bonds. The number of fused-ring (bicyclic) bond motifs is 1. The van der Waals surface area contributed by atoms with Crippen molar-refractivity contribution in [1.82, 2.24) is 9.47 Å². The van der Waals surface area contributed by atoms with Crippen LogP contribution in [0.2, 0.25) is 0 Å². The molecule has 0 spiro atoms. The minimum absolute atomic E-state index is 0.237. The summed E-state index contributed by atoms with van der Waals surface area (Å²) in [7, 11) is 0. The minimum atomic E-state index is -4.37. The maximum absolute atomic E-state index is 14.2. The summed E-state index contributed by atoms with van der Waals surface area (Å²) < 4.78 is 55.3. The Labute approximate surface area is 161 Å². The van der Waals surface area contributed by atoms with Gasteiger partial charge in [-0.25, -0.2) is 4.39 Å². The van der Waals surface area contributed by atoms with Gasteiger partial charge in [-0.05, 0) is 42.3 Å². The van der Waals surface area contributed by atoms with Crippen LogP contribution in [0, 0.1) is 5.82 Å². The molecular weight excluding hydrogens is 368 g/mol. The standard InChI is InChI=1S/C22H20F4N2/c23-19-6-2-1-5-17(19)15-28-14-4-13-27-12-3-7-20(27)21(28)16-8-10-18(11-9-16)22(24,25)26/h1-3,5-12,21H,4,13-15H2. The number of nitrogens with zero attached hydrogens (tertiary/aromatic N) is 2. The van der Waals surface area contributed by atoms with Gasteiger partial charge in [-0.15, -0.1) is 0 Å². The SMILES string of the molecule is Fc1ccccc1CN1CCCn2cccc2C1c1ccc(C(F)(F)F)cc1. The van der Waals surface area contributed by atoms with E-state index in [4.69, 9.17) is 0 Å². The lowest BCUT2D eigenvalue weighted by Gasteiger charge is -2.31. The van der Waals surface area contributed by atoms with Gasteiger partial charge < -0.3 is 4.57 Å². The van der Waals surface area contributed by atoms with Gasteiger partial charge in [0.15, 0.2) is 0 Å². The highest BCUT2D eigenvalue weighted by Crippen LogP contribution is 2.35. The molecular formula is C22H20F4N2. The molecule has 1 unspecified atom stereocenters. The molecule has 2 aromatic carbocycles. The molecule has 1 aliphatic heterocycles. The number of rotatable bonds is 3. The van der Waals surface area contributed by atoms with Crippen LogP contribution in [0.4, 0.5) is 17.6 Å². The molecule has 0 saturated carbocycles. The third-order valence-corrected chi connectivity index (χ3v) is 5.24. The van der Waals surface area contributed by atoms with Crippen molar-refractivity contribution in [3.8, 4) is 0 Å². The Balaban J connectivity index is 1.73. The fraction of sp³-hybridized carbons (Fsp3) is 0.273. The predicted octanol–water partition coefficient (Wildman–Crippen LogP) is 5.64. The monoisotopic (exact) mass is 388 g/mol. The zero-order valence-electron chi connectivity index (χ0n) is 15.2. The Morgan fingerprint density at radius 3 is 2.36 bits per heavy atom. The summed E-state index contributed by atoms with van der Waals surface area (Å²) in [6.07, 6.45) is -1.50. The number of hydrogen-bond donors (Lipinski definition) is 0. The summed E-state index contributed by atoms with van der Waals surface area (Å²) in [5, 5.41) is 0. The molecule has 1 atom stereocenters. The second kappa shape index (κ2) is 7.43. The van der Waals surface area contributed by atoms with Crippen molar-refractivity contribution in [2.75, 3.05) is 6.54 Å². The van der Waals surface area contributed by atoms with Crippen LogP contribution in [0.3, 0.4) is 0 Å². The van der Waals surface area contributed by atoms with E-state index in [-0.39, 0.29) is 11.9 Å². The first-order valence-corrected chi connectivity index (χ1v) is 9.23. The number of aromatic nitrogens is 1. The molecule has 0 saturated heterocycles. The van der Waals surface area contributed by atoms with Gasteiger partial charge in [0.2, 0.25) is 0 Å². The Morgan fingerprint density at radius 1 is 0.893 bits per heavy atom. The van der Waals surface area contributed by atoms with Crippen LogP contribution in [-0.2, 0) is 19.3 Å².